The number of hydrogen-bond donors (Lipinski definition) is 5. The molecule has 0 unspecified atom stereocenters. The van der Waals surface area contributed by atoms with Crippen LogP contribution < -0.4 is 5.32 Å². The van der Waals surface area contributed by atoms with E-state index in [-0.39, 0.29) is 0 Å². The smallest absolute Gasteiger partial charge is 0.249 e. The van der Waals surface area contributed by atoms with Gasteiger partial charge in [-0.1, -0.05) is 226 Å². The van der Waals surface area contributed by atoms with Crippen LogP contribution >= 0.6 is 0 Å². The van der Waals surface area contributed by atoms with E-state index < -0.39 is 36.9 Å². The average Bonchev–Trinajstić information content (AvgIpc) is 3.11. The molecule has 0 saturated heterocycles. The Hall–Kier alpha value is -0.690. The molecule has 0 aromatic carbocycles. The Morgan fingerprint density at radius 1 is 0.429 bits per heavy atom. The summed E-state index contributed by atoms with van der Waals surface area (Å²) in [5.41, 5.74) is 0. The van der Waals surface area contributed by atoms with Crippen LogP contribution in [0.5, 0.6) is 0 Å². The van der Waals surface area contributed by atoms with Crippen molar-refractivity contribution >= 4 is 5.91 Å². The van der Waals surface area contributed by atoms with Gasteiger partial charge in [-0.3, -0.25) is 4.79 Å². The maximum absolute atomic E-state index is 12.5. The molecular formula is C43H87NO5. The lowest BCUT2D eigenvalue weighted by Gasteiger charge is -2.27. The molecule has 0 aromatic rings. The van der Waals surface area contributed by atoms with E-state index in [1.807, 2.05) is 0 Å². The zero-order valence-electron chi connectivity index (χ0n) is 33.0. The maximum atomic E-state index is 12.5. The molecule has 0 aliphatic rings. The molecule has 294 valence electrons. The van der Waals surface area contributed by atoms with Gasteiger partial charge in [0.15, 0.2) is 0 Å². The molecule has 0 bridgehead atoms. The molecule has 5 N–H and O–H groups in total. The molecule has 0 spiro atoms. The summed E-state index contributed by atoms with van der Waals surface area (Å²) in [6.45, 7) is 4.06. The van der Waals surface area contributed by atoms with Gasteiger partial charge in [-0.05, 0) is 12.8 Å². The molecule has 0 aliphatic heterocycles. The molecule has 0 aliphatic carbocycles. The molecule has 6 nitrogen and oxygen atoms in total. The molecule has 0 aromatic heterocycles. The molecule has 6 heteroatoms. The molecule has 49 heavy (non-hydrogen) atoms. The lowest BCUT2D eigenvalue weighted by Crippen LogP contribution is -2.53. The molecule has 4 atom stereocenters. The Morgan fingerprint density at radius 2 is 0.694 bits per heavy atom. The second-order valence-electron chi connectivity index (χ2n) is 15.4. The molecule has 0 radical (unpaired) electrons. The fourth-order valence-corrected chi connectivity index (χ4v) is 7.05. The van der Waals surface area contributed by atoms with Crippen LogP contribution in [-0.4, -0.2) is 57.3 Å². The summed E-state index contributed by atoms with van der Waals surface area (Å²) in [5.74, 6) is -0.580. The first-order chi connectivity index (χ1) is 24.0. The van der Waals surface area contributed by atoms with Gasteiger partial charge in [-0.15, -0.1) is 0 Å². The van der Waals surface area contributed by atoms with E-state index in [9.17, 15) is 25.2 Å². The number of unbranched alkanes of at least 4 members (excludes halogenated alkanes) is 31. The van der Waals surface area contributed by atoms with Crippen molar-refractivity contribution < 1.29 is 25.2 Å². The summed E-state index contributed by atoms with van der Waals surface area (Å²) in [7, 11) is 0. The number of carbonyl (C=O) groups excluding carboxylic acids is 1. The first kappa shape index (κ1) is 48.3. The summed E-state index contributed by atoms with van der Waals surface area (Å²) < 4.78 is 0. The zero-order chi connectivity index (χ0) is 36.0. The highest BCUT2D eigenvalue weighted by Crippen LogP contribution is 2.17. The number of amides is 1. The van der Waals surface area contributed by atoms with Gasteiger partial charge in [-0.25, -0.2) is 0 Å². The van der Waals surface area contributed by atoms with Gasteiger partial charge in [-0.2, -0.15) is 0 Å². The second kappa shape index (κ2) is 38.5. The Kier molecular flexibility index (Phi) is 38.0. The lowest BCUT2D eigenvalue weighted by molar-refractivity contribution is -0.132. The highest BCUT2D eigenvalue weighted by molar-refractivity contribution is 5.80. The number of nitrogens with one attached hydrogen (secondary N) is 1. The Labute approximate surface area is 305 Å². The van der Waals surface area contributed by atoms with Crippen LogP contribution in [-0.2, 0) is 4.79 Å². The summed E-state index contributed by atoms with van der Waals surface area (Å²) in [6, 6.07) is -0.978. The van der Waals surface area contributed by atoms with Crippen molar-refractivity contribution in [1.29, 1.82) is 0 Å². The Bertz CT molecular complexity index is 662. The fraction of sp³-hybridized carbons (Fsp3) is 0.977. The van der Waals surface area contributed by atoms with Crippen LogP contribution in [0.3, 0.4) is 0 Å². The maximum Gasteiger partial charge on any atom is 0.249 e. The third-order valence-electron chi connectivity index (χ3n) is 10.6. The molecule has 0 rings (SSSR count). The number of aliphatic hydroxyl groups excluding tert-OH is 4. The van der Waals surface area contributed by atoms with Gasteiger partial charge in [0.05, 0.1) is 18.8 Å². The van der Waals surface area contributed by atoms with Crippen LogP contribution in [0.15, 0.2) is 0 Å². The van der Waals surface area contributed by atoms with E-state index in [1.54, 1.807) is 0 Å². The van der Waals surface area contributed by atoms with Crippen molar-refractivity contribution in [3.8, 4) is 0 Å². The molecule has 0 heterocycles. The van der Waals surface area contributed by atoms with Gasteiger partial charge in [0.1, 0.15) is 12.2 Å². The van der Waals surface area contributed by atoms with Crippen LogP contribution in [0.1, 0.15) is 239 Å². The minimum Gasteiger partial charge on any atom is -0.394 e. The van der Waals surface area contributed by atoms with Crippen molar-refractivity contribution in [1.82, 2.24) is 5.32 Å². The van der Waals surface area contributed by atoms with Gasteiger partial charge in [0.25, 0.3) is 0 Å². The standard InChI is InChI=1S/C43H87NO5/c1-3-5-7-9-11-13-15-17-18-19-20-21-22-23-25-27-29-31-33-35-37-41(47)43(49)44-39(38-45)42(48)40(46)36-34-32-30-28-26-24-16-14-12-10-8-6-4-2/h39-42,45-48H,3-38H2,1-2H3,(H,44,49)/t39-,40+,41+,42-/m0/s1. The number of rotatable bonds is 40. The minimum atomic E-state index is -1.25. The van der Waals surface area contributed by atoms with E-state index in [2.05, 4.69) is 19.2 Å². The summed E-state index contributed by atoms with van der Waals surface area (Å²) in [4.78, 5) is 12.5. The predicted octanol–water partition coefficient (Wildman–Crippen LogP) is 11.2. The van der Waals surface area contributed by atoms with Crippen LogP contribution in [0.25, 0.3) is 0 Å². The van der Waals surface area contributed by atoms with Gasteiger partial charge in [0.2, 0.25) is 5.91 Å². The molecular weight excluding hydrogens is 610 g/mol. The van der Waals surface area contributed by atoms with E-state index in [4.69, 9.17) is 0 Å². The quantitative estimate of drug-likeness (QED) is 0.0409. The van der Waals surface area contributed by atoms with Crippen molar-refractivity contribution in [2.24, 2.45) is 0 Å². The third-order valence-corrected chi connectivity index (χ3v) is 10.6. The van der Waals surface area contributed by atoms with Gasteiger partial charge in [0, 0.05) is 0 Å². The largest absolute Gasteiger partial charge is 0.394 e. The van der Waals surface area contributed by atoms with E-state index >= 15 is 0 Å². The second-order valence-corrected chi connectivity index (χ2v) is 15.4. The number of carbonyl (C=O) groups is 1. The monoisotopic (exact) mass is 698 g/mol. The van der Waals surface area contributed by atoms with E-state index in [0.717, 1.165) is 38.5 Å². The van der Waals surface area contributed by atoms with Gasteiger partial charge >= 0.3 is 0 Å². The zero-order valence-corrected chi connectivity index (χ0v) is 33.0. The average molecular weight is 698 g/mol. The SMILES string of the molecule is CCCCCCCCCCCCCCCCCCCCCC[C@@H](O)C(=O)N[C@@H](CO)[C@H](O)[C@H](O)CCCCCCCCCCCCCCC. The summed E-state index contributed by atoms with van der Waals surface area (Å²) >= 11 is 0. The van der Waals surface area contributed by atoms with Crippen LogP contribution in [0.2, 0.25) is 0 Å². The minimum absolute atomic E-state index is 0.376. The van der Waals surface area contributed by atoms with Crippen LogP contribution in [0.4, 0.5) is 0 Å². The van der Waals surface area contributed by atoms with Crippen molar-refractivity contribution in [2.75, 3.05) is 6.61 Å². The van der Waals surface area contributed by atoms with Crippen molar-refractivity contribution in [3.05, 3.63) is 0 Å². The highest BCUT2D eigenvalue weighted by atomic mass is 16.3. The fourth-order valence-electron chi connectivity index (χ4n) is 7.05. The van der Waals surface area contributed by atoms with Crippen LogP contribution in [0, 0.1) is 0 Å². The lowest BCUT2D eigenvalue weighted by atomic mass is 9.99. The third kappa shape index (κ3) is 32.9. The summed E-state index contributed by atoms with van der Waals surface area (Å²) in [6.07, 6.45) is 39.9. The highest BCUT2D eigenvalue weighted by Gasteiger charge is 2.28. The summed E-state index contributed by atoms with van der Waals surface area (Å²) in [5, 5.41) is 43.6. The normalized spacial score (nSPS) is 14.2. The number of hydrogen-bond acceptors (Lipinski definition) is 5. The molecule has 0 fully saturated rings. The van der Waals surface area contributed by atoms with Crippen molar-refractivity contribution in [2.45, 2.75) is 263 Å². The topological polar surface area (TPSA) is 110 Å². The van der Waals surface area contributed by atoms with E-state index in [1.165, 1.54) is 173 Å². The van der Waals surface area contributed by atoms with E-state index in [0.29, 0.717) is 12.8 Å². The van der Waals surface area contributed by atoms with Gasteiger partial charge < -0.3 is 25.7 Å². The first-order valence-electron chi connectivity index (χ1n) is 21.9. The Morgan fingerprint density at radius 3 is 0.980 bits per heavy atom. The first-order valence-corrected chi connectivity index (χ1v) is 21.9. The molecule has 1 amide bonds. The predicted molar refractivity (Wildman–Crippen MR) is 210 cm³/mol. The Balaban J connectivity index is 3.68. The van der Waals surface area contributed by atoms with Crippen molar-refractivity contribution in [3.63, 3.8) is 0 Å². The number of aliphatic hydroxyl groups is 4. The molecule has 0 saturated carbocycles.